The van der Waals surface area contributed by atoms with Crippen LogP contribution >= 0.6 is 0 Å². The molecule has 2 rings (SSSR count). The van der Waals surface area contributed by atoms with Gasteiger partial charge >= 0.3 is 5.97 Å². The van der Waals surface area contributed by atoms with Gasteiger partial charge in [0, 0.05) is 32.2 Å². The summed E-state index contributed by atoms with van der Waals surface area (Å²) < 4.78 is 0. The summed E-state index contributed by atoms with van der Waals surface area (Å²) in [6.07, 6.45) is 1.06. The van der Waals surface area contributed by atoms with E-state index in [9.17, 15) is 14.4 Å². The van der Waals surface area contributed by atoms with Crippen molar-refractivity contribution in [2.24, 2.45) is 0 Å². The summed E-state index contributed by atoms with van der Waals surface area (Å²) in [5.41, 5.74) is 0. The van der Waals surface area contributed by atoms with Crippen LogP contribution in [0.25, 0.3) is 0 Å². The van der Waals surface area contributed by atoms with E-state index in [4.69, 9.17) is 5.11 Å². The van der Waals surface area contributed by atoms with Gasteiger partial charge in [0.25, 0.3) is 0 Å². The highest BCUT2D eigenvalue weighted by atomic mass is 16.4. The lowest BCUT2D eigenvalue weighted by atomic mass is 10.2. The summed E-state index contributed by atoms with van der Waals surface area (Å²) >= 11 is 0. The molecule has 2 aliphatic rings. The number of carbonyl (C=O) groups is 3. The smallest absolute Gasteiger partial charge is 0.317 e. The predicted octanol–water partition coefficient (Wildman–Crippen LogP) is -0.385. The van der Waals surface area contributed by atoms with Gasteiger partial charge in [-0.2, -0.15) is 0 Å². The summed E-state index contributed by atoms with van der Waals surface area (Å²) in [4.78, 5) is 40.4. The van der Waals surface area contributed by atoms with Crippen molar-refractivity contribution >= 4 is 17.8 Å². The van der Waals surface area contributed by atoms with E-state index >= 15 is 0 Å². The molecule has 0 aromatic heterocycles. The van der Waals surface area contributed by atoms with E-state index < -0.39 is 5.97 Å². The minimum Gasteiger partial charge on any atom is -0.480 e. The number of carboxylic acid groups (broad SMARTS) is 1. The van der Waals surface area contributed by atoms with E-state index in [0.717, 1.165) is 13.0 Å². The quantitative estimate of drug-likeness (QED) is 0.712. The third-order valence-electron chi connectivity index (χ3n) is 4.10. The van der Waals surface area contributed by atoms with Gasteiger partial charge in [-0.3, -0.25) is 29.1 Å². The molecule has 2 saturated heterocycles. The van der Waals surface area contributed by atoms with E-state index in [1.807, 2.05) is 23.6 Å². The standard InChI is InChI=1S/C14H23N3O4/c1-10(2)17-12(18)8-11(14(17)21)16-5-3-4-15(6-7-16)9-13(19)20/h10-11H,3-9H2,1-2H3,(H,19,20). The number of aliphatic carboxylic acids is 1. The SMILES string of the molecule is CC(C)N1C(=O)CC(N2CCCN(CC(=O)O)CC2)C1=O. The van der Waals surface area contributed by atoms with Crippen LogP contribution in [0, 0.1) is 0 Å². The fourth-order valence-corrected chi connectivity index (χ4v) is 3.11. The Kier molecular flexibility index (Phi) is 4.95. The highest BCUT2D eigenvalue weighted by molar-refractivity contribution is 6.05. The Balaban J connectivity index is 1.98. The molecule has 0 aromatic carbocycles. The number of hydrogen-bond donors (Lipinski definition) is 1. The number of rotatable bonds is 4. The molecule has 0 spiro atoms. The molecule has 1 atom stereocenters. The van der Waals surface area contributed by atoms with Crippen molar-refractivity contribution in [3.05, 3.63) is 0 Å². The van der Waals surface area contributed by atoms with Crippen LogP contribution in [0.5, 0.6) is 0 Å². The lowest BCUT2D eigenvalue weighted by molar-refractivity contribution is -0.142. The van der Waals surface area contributed by atoms with Crippen LogP contribution in [0.4, 0.5) is 0 Å². The lowest BCUT2D eigenvalue weighted by Crippen LogP contribution is -2.45. The Labute approximate surface area is 124 Å². The van der Waals surface area contributed by atoms with Gasteiger partial charge in [0.2, 0.25) is 11.8 Å². The highest BCUT2D eigenvalue weighted by Crippen LogP contribution is 2.22. The topological polar surface area (TPSA) is 81.2 Å². The number of amides is 2. The second-order valence-corrected chi connectivity index (χ2v) is 5.98. The molecule has 21 heavy (non-hydrogen) atoms. The average Bonchev–Trinajstić information content (AvgIpc) is 2.56. The summed E-state index contributed by atoms with van der Waals surface area (Å²) in [7, 11) is 0. The number of imide groups is 1. The number of likely N-dealkylation sites (tertiary alicyclic amines) is 1. The number of hydrogen-bond acceptors (Lipinski definition) is 5. The molecule has 2 amide bonds. The normalized spacial score (nSPS) is 25.7. The molecule has 1 unspecified atom stereocenters. The molecule has 0 radical (unpaired) electrons. The minimum absolute atomic E-state index is 0.0313. The molecular formula is C14H23N3O4. The van der Waals surface area contributed by atoms with Gasteiger partial charge in [0.15, 0.2) is 0 Å². The Hall–Kier alpha value is -1.47. The predicted molar refractivity (Wildman–Crippen MR) is 75.7 cm³/mol. The highest BCUT2D eigenvalue weighted by Gasteiger charge is 2.43. The molecule has 0 aromatic rings. The maximum atomic E-state index is 12.4. The van der Waals surface area contributed by atoms with Gasteiger partial charge in [-0.15, -0.1) is 0 Å². The van der Waals surface area contributed by atoms with Gasteiger partial charge in [0.1, 0.15) is 0 Å². The first kappa shape index (κ1) is 15.9. The van der Waals surface area contributed by atoms with Crippen LogP contribution < -0.4 is 0 Å². The van der Waals surface area contributed by atoms with Crippen LogP contribution in [-0.4, -0.2) is 82.4 Å². The zero-order valence-corrected chi connectivity index (χ0v) is 12.6. The number of carbonyl (C=O) groups excluding carboxylic acids is 2. The lowest BCUT2D eigenvalue weighted by Gasteiger charge is -2.26. The zero-order chi connectivity index (χ0) is 15.6. The average molecular weight is 297 g/mol. The minimum atomic E-state index is -0.832. The third-order valence-corrected chi connectivity index (χ3v) is 4.10. The van der Waals surface area contributed by atoms with Crippen LogP contribution in [0.2, 0.25) is 0 Å². The van der Waals surface area contributed by atoms with Crippen LogP contribution in [0.1, 0.15) is 26.7 Å². The van der Waals surface area contributed by atoms with Gasteiger partial charge in [-0.05, 0) is 20.3 Å². The number of nitrogens with zero attached hydrogens (tertiary/aromatic N) is 3. The molecule has 2 fully saturated rings. The van der Waals surface area contributed by atoms with Crippen LogP contribution in [0.15, 0.2) is 0 Å². The molecule has 0 bridgehead atoms. The van der Waals surface area contributed by atoms with Crippen molar-refractivity contribution in [1.29, 1.82) is 0 Å². The first-order valence-electron chi connectivity index (χ1n) is 7.44. The maximum Gasteiger partial charge on any atom is 0.317 e. The first-order valence-corrected chi connectivity index (χ1v) is 7.44. The fourth-order valence-electron chi connectivity index (χ4n) is 3.11. The molecular weight excluding hydrogens is 274 g/mol. The molecule has 7 heteroatoms. The molecule has 118 valence electrons. The molecule has 2 heterocycles. The van der Waals surface area contributed by atoms with E-state index in [2.05, 4.69) is 0 Å². The second-order valence-electron chi connectivity index (χ2n) is 5.98. The van der Waals surface area contributed by atoms with Crippen molar-refractivity contribution in [2.45, 2.75) is 38.8 Å². The van der Waals surface area contributed by atoms with Crippen molar-refractivity contribution < 1.29 is 19.5 Å². The third kappa shape index (κ3) is 3.59. The van der Waals surface area contributed by atoms with Crippen molar-refractivity contribution in [1.82, 2.24) is 14.7 Å². The van der Waals surface area contributed by atoms with Crippen molar-refractivity contribution in [2.75, 3.05) is 32.7 Å². The Morgan fingerprint density at radius 1 is 1.24 bits per heavy atom. The van der Waals surface area contributed by atoms with Crippen molar-refractivity contribution in [3.63, 3.8) is 0 Å². The van der Waals surface area contributed by atoms with Crippen LogP contribution in [0.3, 0.4) is 0 Å². The summed E-state index contributed by atoms with van der Waals surface area (Å²) in [5.74, 6) is -1.05. The summed E-state index contributed by atoms with van der Waals surface area (Å²) in [5, 5.41) is 8.85. The monoisotopic (exact) mass is 297 g/mol. The van der Waals surface area contributed by atoms with Crippen molar-refractivity contribution in [3.8, 4) is 0 Å². The molecule has 2 aliphatic heterocycles. The van der Waals surface area contributed by atoms with Gasteiger partial charge in [0.05, 0.1) is 19.0 Å². The molecule has 1 N–H and O–H groups in total. The van der Waals surface area contributed by atoms with Gasteiger partial charge in [-0.1, -0.05) is 0 Å². The van der Waals surface area contributed by atoms with E-state index in [-0.39, 0.29) is 36.9 Å². The van der Waals surface area contributed by atoms with E-state index in [0.29, 0.717) is 19.6 Å². The van der Waals surface area contributed by atoms with Gasteiger partial charge in [-0.25, -0.2) is 0 Å². The first-order chi connectivity index (χ1) is 9.90. The number of carboxylic acids is 1. The largest absolute Gasteiger partial charge is 0.480 e. The van der Waals surface area contributed by atoms with Gasteiger partial charge < -0.3 is 5.11 Å². The Bertz CT molecular complexity index is 438. The Morgan fingerprint density at radius 3 is 2.52 bits per heavy atom. The zero-order valence-electron chi connectivity index (χ0n) is 12.6. The summed E-state index contributed by atoms with van der Waals surface area (Å²) in [6.45, 7) is 6.40. The summed E-state index contributed by atoms with van der Waals surface area (Å²) in [6, 6.07) is -0.477. The fraction of sp³-hybridized carbons (Fsp3) is 0.786. The Morgan fingerprint density at radius 2 is 1.95 bits per heavy atom. The molecule has 7 nitrogen and oxygen atoms in total. The van der Waals surface area contributed by atoms with E-state index in [1.54, 1.807) is 0 Å². The van der Waals surface area contributed by atoms with E-state index in [1.165, 1.54) is 4.90 Å². The molecule has 0 saturated carbocycles. The second kappa shape index (κ2) is 6.53. The molecule has 0 aliphatic carbocycles. The maximum absolute atomic E-state index is 12.4. The van der Waals surface area contributed by atoms with Crippen LogP contribution in [-0.2, 0) is 14.4 Å².